The molecule has 0 aromatic heterocycles. The molecule has 93 heavy (non-hydrogen) atoms. The van der Waals surface area contributed by atoms with Crippen LogP contribution in [-0.2, 0) is 20.0 Å². The number of halogens is 6. The van der Waals surface area contributed by atoms with E-state index in [2.05, 4.69) is 0 Å². The molecule has 0 unspecified atom stereocenters. The average molecular weight is 1380 g/mol. The van der Waals surface area contributed by atoms with Crippen molar-refractivity contribution in [1.29, 1.82) is 0 Å². The van der Waals surface area contributed by atoms with Gasteiger partial charge in [-0.2, -0.15) is 0 Å². The van der Waals surface area contributed by atoms with E-state index in [0.29, 0.717) is 136 Å². The largest absolute Gasteiger partial charge is 0.493 e. The van der Waals surface area contributed by atoms with E-state index in [1.54, 1.807) is 120 Å². The molecule has 0 aliphatic rings. The van der Waals surface area contributed by atoms with Crippen LogP contribution in [0.3, 0.4) is 0 Å². The minimum absolute atomic E-state index is 0.00977. The molecule has 3 amide bonds. The molecule has 17 nitrogen and oxygen atoms in total. The molecular weight excluding hydrogens is 1290 g/mol. The van der Waals surface area contributed by atoms with Crippen molar-refractivity contribution in [2.75, 3.05) is 95.7 Å². The van der Waals surface area contributed by atoms with Gasteiger partial charge >= 0.3 is 0 Å². The lowest BCUT2D eigenvalue weighted by atomic mass is 10.2. The highest BCUT2D eigenvalue weighted by atomic mass is 35.5. The highest BCUT2D eigenvalue weighted by Gasteiger charge is 2.18. The molecule has 5 aromatic rings. The van der Waals surface area contributed by atoms with E-state index in [1.807, 2.05) is 46.8 Å². The molecule has 5 aromatic carbocycles. The number of sulfonamides is 2. The molecule has 0 bridgehead atoms. The number of rotatable bonds is 27. The number of amides is 3. The van der Waals surface area contributed by atoms with Gasteiger partial charge in [0.2, 0.25) is 20.0 Å². The zero-order chi connectivity index (χ0) is 70.4. The van der Waals surface area contributed by atoms with Crippen LogP contribution < -0.4 is 28.8 Å². The van der Waals surface area contributed by atoms with Crippen LogP contribution in [-0.4, -0.2) is 149 Å². The monoisotopic (exact) mass is 1380 g/mol. The summed E-state index contributed by atoms with van der Waals surface area (Å²) in [5.74, 6) is 2.72. The molecule has 0 fully saturated rings. The SMILES string of the molecule is CC/C(=C/F)COc1ccc(C(=O)N(C)C)cc1Cl.CC/C(=C/F)COc1ccc(S(=O)(=O)N(C)C)cc1.CC/C(=C/F)COc1ccc(S(N)(=O)=O)cc1.CCC(=CF)COc1ccc(C(=O)N(C)C)cc1OC.CCC(=CF)CSc1ccc(C(=O)N(C)C)cc1. The fourth-order valence-corrected chi connectivity index (χ4v) is 9.31. The van der Waals surface area contributed by atoms with Crippen molar-refractivity contribution < 1.29 is 76.9 Å². The first-order valence-electron chi connectivity index (χ1n) is 28.9. The van der Waals surface area contributed by atoms with Gasteiger partial charge in [-0.3, -0.25) is 14.4 Å². The van der Waals surface area contributed by atoms with Gasteiger partial charge in [0.25, 0.3) is 17.7 Å². The Morgan fingerprint density at radius 2 is 0.806 bits per heavy atom. The number of nitrogens with two attached hydrogens (primary N) is 1. The van der Waals surface area contributed by atoms with Gasteiger partial charge in [0.05, 0.1) is 53.6 Å². The summed E-state index contributed by atoms with van der Waals surface area (Å²) in [7, 11) is 7.47. The maximum Gasteiger partial charge on any atom is 0.253 e. The molecule has 26 heteroatoms. The Bertz CT molecular complexity index is 3520. The average Bonchev–Trinajstić information content (AvgIpc) is 1.69. The van der Waals surface area contributed by atoms with E-state index >= 15 is 0 Å². The molecule has 0 atom stereocenters. The quantitative estimate of drug-likeness (QED) is 0.0384. The van der Waals surface area contributed by atoms with Crippen LogP contribution >= 0.6 is 23.4 Å². The normalized spacial score (nSPS) is 11.8. The fourth-order valence-electron chi connectivity index (χ4n) is 6.71. The Hall–Kier alpha value is -7.68. The van der Waals surface area contributed by atoms with Gasteiger partial charge in [-0.1, -0.05) is 46.2 Å². The molecule has 2 N–H and O–H groups in total. The van der Waals surface area contributed by atoms with Crippen molar-refractivity contribution in [3.63, 3.8) is 0 Å². The Labute approximate surface area is 555 Å². The van der Waals surface area contributed by atoms with E-state index < -0.39 is 20.0 Å². The smallest absolute Gasteiger partial charge is 0.253 e. The van der Waals surface area contributed by atoms with Crippen LogP contribution in [0.1, 0.15) is 97.8 Å². The molecule has 0 aliphatic heterocycles. The van der Waals surface area contributed by atoms with Crippen LogP contribution in [0.15, 0.2) is 183 Å². The maximum absolute atomic E-state index is 12.5. The number of nitrogens with zero attached hydrogens (tertiary/aromatic N) is 4. The van der Waals surface area contributed by atoms with Gasteiger partial charge in [0.15, 0.2) is 11.5 Å². The summed E-state index contributed by atoms with van der Waals surface area (Å²) < 4.78 is 135. The van der Waals surface area contributed by atoms with Gasteiger partial charge < -0.3 is 38.4 Å². The maximum atomic E-state index is 12.5. The predicted molar refractivity (Wildman–Crippen MR) is 360 cm³/mol. The zero-order valence-corrected chi connectivity index (χ0v) is 58.3. The number of thioether (sulfide) groups is 1. The van der Waals surface area contributed by atoms with Gasteiger partial charge in [-0.05, 0) is 169 Å². The highest BCUT2D eigenvalue weighted by molar-refractivity contribution is 7.99. The summed E-state index contributed by atoms with van der Waals surface area (Å²) in [5, 5.41) is 5.28. The summed E-state index contributed by atoms with van der Waals surface area (Å²) in [4.78, 5) is 41.0. The Kier molecular flexibility index (Phi) is 39.4. The number of carbonyl (C=O) groups excluding carboxylic acids is 3. The van der Waals surface area contributed by atoms with Crippen molar-refractivity contribution in [1.82, 2.24) is 19.0 Å². The predicted octanol–water partition coefficient (Wildman–Crippen LogP) is 15.0. The summed E-state index contributed by atoms with van der Waals surface area (Å²) >= 11 is 7.61. The van der Waals surface area contributed by atoms with Crippen molar-refractivity contribution in [2.24, 2.45) is 5.14 Å². The summed E-state index contributed by atoms with van der Waals surface area (Å²) in [5.41, 5.74) is 4.63. The Morgan fingerprint density at radius 3 is 1.15 bits per heavy atom. The molecule has 0 saturated heterocycles. The van der Waals surface area contributed by atoms with Gasteiger partial charge in [0.1, 0.15) is 43.7 Å². The standard InChI is InChI=1S/C15H20FNO3.C14H17ClFNO2.C14H18FNOS.C13H18FNO3S.C11H14FNO3S/c1-5-11(9-16)10-20-13-7-6-12(8-14(13)19-4)15(18)17(2)3;1-4-10(8-16)9-19-13-6-5-11(7-12(13)15)14(18)17(2)3;1-4-11(9-15)10-18-13-7-5-12(6-8-13)14(17)16(2)3;1-4-11(9-14)10-18-12-5-7-13(8-6-12)19(16,17)15(2)3;1-2-9(7-12)8-16-10-3-5-11(6-4-10)17(13,14)15/h6-9H,5,10H2,1-4H3;5-8H,4,9H2,1-3H3;5-9H,4,10H2,1-3H3;5-9H,4,10H2,1-3H3;3-7H,2,8H2,1H3,(H2,13,14,15)/b;10-8-;;11-9-;9-7-. The number of hydrogen-bond donors (Lipinski definition) is 1. The number of methoxy groups -OCH3 is 1. The third-order valence-electron chi connectivity index (χ3n) is 12.8. The number of hydrogen-bond acceptors (Lipinski definition) is 13. The lowest BCUT2D eigenvalue weighted by Crippen LogP contribution is -2.22. The van der Waals surface area contributed by atoms with Crippen LogP contribution in [0.25, 0.3) is 0 Å². The third kappa shape index (κ3) is 30.3. The summed E-state index contributed by atoms with van der Waals surface area (Å²) in [6.07, 6.45) is 5.83. The number of benzene rings is 5. The second kappa shape index (κ2) is 44.0. The van der Waals surface area contributed by atoms with Gasteiger partial charge in [0, 0.05) is 83.7 Å². The summed E-state index contributed by atoms with van der Waals surface area (Å²) in [6, 6.07) is 28.8. The minimum Gasteiger partial charge on any atom is -0.493 e. The van der Waals surface area contributed by atoms with Gasteiger partial charge in [-0.15, -0.1) is 11.8 Å². The molecular formula is C67H87ClF5N5O12S3. The number of carbonyl (C=O) groups is 3. The van der Waals surface area contributed by atoms with Crippen LogP contribution in [0, 0.1) is 0 Å². The molecule has 0 aliphatic carbocycles. The second-order valence-corrected chi connectivity index (χ2v) is 25.6. The third-order valence-corrected chi connectivity index (χ3v) is 17.0. The lowest BCUT2D eigenvalue weighted by Gasteiger charge is -2.14. The first-order valence-corrected chi connectivity index (χ1v) is 33.3. The lowest BCUT2D eigenvalue weighted by molar-refractivity contribution is 0.0820. The van der Waals surface area contributed by atoms with Gasteiger partial charge in [-0.25, -0.2) is 48.2 Å². The fraction of sp³-hybridized carbons (Fsp3) is 0.358. The van der Waals surface area contributed by atoms with E-state index in [0.717, 1.165) is 21.2 Å². The first-order chi connectivity index (χ1) is 44.0. The Balaban J connectivity index is 0.000000582. The van der Waals surface area contributed by atoms with E-state index in [-0.39, 0.29) is 53.9 Å². The minimum atomic E-state index is -3.69. The van der Waals surface area contributed by atoms with Crippen molar-refractivity contribution in [2.45, 2.75) is 81.4 Å². The second-order valence-electron chi connectivity index (χ2n) is 20.5. The first kappa shape index (κ1) is 83.3. The van der Waals surface area contributed by atoms with Crippen molar-refractivity contribution >= 4 is 61.1 Å². The van der Waals surface area contributed by atoms with Crippen molar-refractivity contribution in [3.8, 4) is 28.7 Å². The molecule has 0 spiro atoms. The van der Waals surface area contributed by atoms with Crippen LogP contribution in [0.4, 0.5) is 22.0 Å². The topological polar surface area (TPSA) is 205 Å². The van der Waals surface area contributed by atoms with Crippen molar-refractivity contribution in [3.05, 3.63) is 190 Å². The molecule has 0 heterocycles. The molecule has 0 saturated carbocycles. The Morgan fingerprint density at radius 1 is 0.462 bits per heavy atom. The molecule has 512 valence electrons. The van der Waals surface area contributed by atoms with E-state index in [1.165, 1.54) is 67.4 Å². The van der Waals surface area contributed by atoms with E-state index in [9.17, 15) is 53.2 Å². The van der Waals surface area contributed by atoms with E-state index in [4.69, 9.17) is 40.4 Å². The number of primary sulfonamides is 1. The van der Waals surface area contributed by atoms with Crippen LogP contribution in [0.5, 0.6) is 28.7 Å². The van der Waals surface area contributed by atoms with Crippen LogP contribution in [0.2, 0.25) is 5.02 Å². The molecule has 0 radical (unpaired) electrons. The highest BCUT2D eigenvalue weighted by Crippen LogP contribution is 2.30. The summed E-state index contributed by atoms with van der Waals surface area (Å²) in [6.45, 7) is 9.89. The zero-order valence-electron chi connectivity index (χ0n) is 55.1. The number of ether oxygens (including phenoxy) is 5. The molecule has 5 rings (SSSR count).